The highest BCUT2D eigenvalue weighted by Crippen LogP contribution is 2.30. The molecule has 0 saturated carbocycles. The molecule has 1 aliphatic carbocycles. The number of anilines is 1. The van der Waals surface area contributed by atoms with E-state index < -0.39 is 0 Å². The molecule has 5 nitrogen and oxygen atoms in total. The Morgan fingerprint density at radius 1 is 1.24 bits per heavy atom. The van der Waals surface area contributed by atoms with Crippen molar-refractivity contribution in [2.75, 3.05) is 5.32 Å². The van der Waals surface area contributed by atoms with Gasteiger partial charge in [0.1, 0.15) is 5.76 Å². The zero-order valence-electron chi connectivity index (χ0n) is 16.4. The van der Waals surface area contributed by atoms with Gasteiger partial charge >= 0.3 is 0 Å². The predicted octanol–water partition coefficient (Wildman–Crippen LogP) is 5.64. The van der Waals surface area contributed by atoms with Crippen molar-refractivity contribution in [3.8, 4) is 10.8 Å². The standard InChI is InChI=1S/C23H23N3O2S/c1-14-20(26-23(28-14)21-8-5-11-29-21)13-22(27)24-15-9-10-19-17(12-15)16-6-3-2-4-7-18(16)25-19/h5,8-12,25H,2-4,6-7,13H2,1H3,(H,24,27). The molecule has 6 heteroatoms. The lowest BCUT2D eigenvalue weighted by Gasteiger charge is -2.06. The first-order chi connectivity index (χ1) is 14.2. The Hall–Kier alpha value is -2.86. The minimum absolute atomic E-state index is 0.0832. The zero-order valence-corrected chi connectivity index (χ0v) is 17.2. The van der Waals surface area contributed by atoms with Gasteiger partial charge in [-0.15, -0.1) is 11.3 Å². The Labute approximate surface area is 173 Å². The first kappa shape index (κ1) is 18.2. The van der Waals surface area contributed by atoms with E-state index in [1.807, 2.05) is 30.5 Å². The molecule has 5 rings (SSSR count). The van der Waals surface area contributed by atoms with Crippen LogP contribution in [0.3, 0.4) is 0 Å². The lowest BCUT2D eigenvalue weighted by molar-refractivity contribution is -0.115. The molecule has 148 valence electrons. The molecule has 0 unspecified atom stereocenters. The van der Waals surface area contributed by atoms with Crippen molar-refractivity contribution in [2.24, 2.45) is 0 Å². The molecule has 0 fully saturated rings. The van der Waals surface area contributed by atoms with Crippen LogP contribution in [0.1, 0.15) is 42.0 Å². The van der Waals surface area contributed by atoms with E-state index in [-0.39, 0.29) is 12.3 Å². The van der Waals surface area contributed by atoms with E-state index in [0.29, 0.717) is 17.3 Å². The topological polar surface area (TPSA) is 70.9 Å². The van der Waals surface area contributed by atoms with Gasteiger partial charge in [0.2, 0.25) is 11.8 Å². The maximum absolute atomic E-state index is 12.6. The summed E-state index contributed by atoms with van der Waals surface area (Å²) >= 11 is 1.57. The number of fused-ring (bicyclic) bond motifs is 3. The number of hydrogen-bond acceptors (Lipinski definition) is 4. The summed E-state index contributed by atoms with van der Waals surface area (Å²) in [7, 11) is 0. The quantitative estimate of drug-likeness (QED) is 0.432. The van der Waals surface area contributed by atoms with E-state index in [4.69, 9.17) is 4.42 Å². The van der Waals surface area contributed by atoms with Crippen LogP contribution < -0.4 is 5.32 Å². The van der Waals surface area contributed by atoms with Crippen LogP contribution in [0.2, 0.25) is 0 Å². The summed E-state index contributed by atoms with van der Waals surface area (Å²) < 4.78 is 5.75. The van der Waals surface area contributed by atoms with Crippen molar-refractivity contribution < 1.29 is 9.21 Å². The number of nitrogens with one attached hydrogen (secondary N) is 2. The predicted molar refractivity (Wildman–Crippen MR) is 116 cm³/mol. The number of aryl methyl sites for hydroxylation is 3. The van der Waals surface area contributed by atoms with E-state index in [1.165, 1.54) is 35.9 Å². The number of thiophene rings is 1. The van der Waals surface area contributed by atoms with E-state index in [2.05, 4.69) is 27.4 Å². The van der Waals surface area contributed by atoms with Crippen LogP contribution in [0.5, 0.6) is 0 Å². The molecular formula is C23H23N3O2S. The summed E-state index contributed by atoms with van der Waals surface area (Å²) in [6.45, 7) is 1.86. The lowest BCUT2D eigenvalue weighted by atomic mass is 10.1. The summed E-state index contributed by atoms with van der Waals surface area (Å²) in [6.07, 6.45) is 6.18. The van der Waals surface area contributed by atoms with Gasteiger partial charge in [-0.1, -0.05) is 12.5 Å². The largest absolute Gasteiger partial charge is 0.440 e. The SMILES string of the molecule is Cc1oc(-c2cccs2)nc1CC(=O)Nc1ccc2[nH]c3c(c2c1)CCCCC3. The van der Waals surface area contributed by atoms with Crippen LogP contribution >= 0.6 is 11.3 Å². The van der Waals surface area contributed by atoms with E-state index in [9.17, 15) is 4.79 Å². The number of aromatic amines is 1. The molecule has 2 N–H and O–H groups in total. The fourth-order valence-corrected chi connectivity index (χ4v) is 4.76. The van der Waals surface area contributed by atoms with Gasteiger partial charge in [0.15, 0.2) is 0 Å². The van der Waals surface area contributed by atoms with Gasteiger partial charge in [-0.05, 0) is 67.8 Å². The minimum Gasteiger partial charge on any atom is -0.440 e. The van der Waals surface area contributed by atoms with Crippen molar-refractivity contribution in [2.45, 2.75) is 45.4 Å². The molecule has 1 amide bonds. The van der Waals surface area contributed by atoms with Gasteiger partial charge in [0.25, 0.3) is 0 Å². The molecule has 0 spiro atoms. The second kappa shape index (κ2) is 7.52. The molecule has 1 aromatic carbocycles. The second-order valence-corrected chi connectivity index (χ2v) is 8.57. The first-order valence-corrected chi connectivity index (χ1v) is 11.0. The Kier molecular flexibility index (Phi) is 4.72. The molecule has 1 aliphatic rings. The molecule has 0 saturated heterocycles. The second-order valence-electron chi connectivity index (χ2n) is 7.63. The lowest BCUT2D eigenvalue weighted by Crippen LogP contribution is -2.15. The van der Waals surface area contributed by atoms with Crippen LogP contribution in [-0.4, -0.2) is 15.9 Å². The fraction of sp³-hybridized carbons (Fsp3) is 0.304. The zero-order chi connectivity index (χ0) is 19.8. The number of benzene rings is 1. The first-order valence-electron chi connectivity index (χ1n) is 10.1. The fourth-order valence-electron chi connectivity index (χ4n) is 4.12. The van der Waals surface area contributed by atoms with Gasteiger partial charge in [-0.3, -0.25) is 4.79 Å². The highest BCUT2D eigenvalue weighted by Gasteiger charge is 2.17. The number of hydrogen-bond donors (Lipinski definition) is 2. The molecule has 0 aliphatic heterocycles. The summed E-state index contributed by atoms with van der Waals surface area (Å²) in [5, 5.41) is 6.25. The number of aromatic nitrogens is 2. The van der Waals surface area contributed by atoms with E-state index in [0.717, 1.165) is 28.9 Å². The monoisotopic (exact) mass is 405 g/mol. The third-order valence-electron chi connectivity index (χ3n) is 5.58. The molecule has 0 radical (unpaired) electrons. The highest BCUT2D eigenvalue weighted by atomic mass is 32.1. The average molecular weight is 406 g/mol. The molecule has 29 heavy (non-hydrogen) atoms. The van der Waals surface area contributed by atoms with E-state index >= 15 is 0 Å². The smallest absolute Gasteiger partial charge is 0.236 e. The van der Waals surface area contributed by atoms with Crippen molar-refractivity contribution in [3.05, 3.63) is 58.4 Å². The number of amides is 1. The van der Waals surface area contributed by atoms with E-state index in [1.54, 1.807) is 11.3 Å². The Morgan fingerprint density at radius 3 is 3.00 bits per heavy atom. The van der Waals surface area contributed by atoms with Gasteiger partial charge in [0, 0.05) is 22.3 Å². The van der Waals surface area contributed by atoms with Gasteiger partial charge in [-0.2, -0.15) is 0 Å². The minimum atomic E-state index is -0.0832. The van der Waals surface area contributed by atoms with Crippen LogP contribution in [-0.2, 0) is 24.1 Å². The number of carbonyl (C=O) groups excluding carboxylic acids is 1. The Bertz CT molecular complexity index is 1170. The molecule has 0 atom stereocenters. The third-order valence-corrected chi connectivity index (χ3v) is 6.44. The van der Waals surface area contributed by atoms with Gasteiger partial charge in [0.05, 0.1) is 17.0 Å². The number of oxazole rings is 1. The van der Waals surface area contributed by atoms with Gasteiger partial charge in [-0.25, -0.2) is 4.98 Å². The van der Waals surface area contributed by atoms with Crippen LogP contribution in [0, 0.1) is 6.92 Å². The molecule has 4 aromatic rings. The highest BCUT2D eigenvalue weighted by molar-refractivity contribution is 7.13. The maximum Gasteiger partial charge on any atom is 0.236 e. The van der Waals surface area contributed by atoms with Crippen LogP contribution in [0.4, 0.5) is 5.69 Å². The van der Waals surface area contributed by atoms with Crippen molar-refractivity contribution in [1.29, 1.82) is 0 Å². The molecule has 3 heterocycles. The Morgan fingerprint density at radius 2 is 2.14 bits per heavy atom. The summed E-state index contributed by atoms with van der Waals surface area (Å²) in [5.74, 6) is 1.19. The van der Waals surface area contributed by atoms with Crippen LogP contribution in [0.15, 0.2) is 40.1 Å². The molecule has 0 bridgehead atoms. The normalized spacial score (nSPS) is 14.0. The summed E-state index contributed by atoms with van der Waals surface area (Å²) in [6, 6.07) is 10.1. The molecule has 3 aromatic heterocycles. The maximum atomic E-state index is 12.6. The van der Waals surface area contributed by atoms with Crippen molar-refractivity contribution in [3.63, 3.8) is 0 Å². The number of rotatable bonds is 4. The van der Waals surface area contributed by atoms with Crippen molar-refractivity contribution in [1.82, 2.24) is 9.97 Å². The average Bonchev–Trinajstić information content (AvgIpc) is 3.39. The van der Waals surface area contributed by atoms with Crippen molar-refractivity contribution >= 4 is 33.8 Å². The number of nitrogens with zero attached hydrogens (tertiary/aromatic N) is 1. The number of H-pyrrole nitrogens is 1. The third kappa shape index (κ3) is 3.60. The summed E-state index contributed by atoms with van der Waals surface area (Å²) in [4.78, 5) is 21.7. The van der Waals surface area contributed by atoms with Crippen LogP contribution in [0.25, 0.3) is 21.7 Å². The molecular weight excluding hydrogens is 382 g/mol. The van der Waals surface area contributed by atoms with Gasteiger partial charge < -0.3 is 14.7 Å². The Balaban J connectivity index is 1.34. The number of carbonyl (C=O) groups is 1. The summed E-state index contributed by atoms with van der Waals surface area (Å²) in [5.41, 5.74) is 5.44.